The fraction of sp³-hybridized carbons (Fsp3) is 0.348. The second kappa shape index (κ2) is 9.01. The van der Waals surface area contributed by atoms with Gasteiger partial charge >= 0.3 is 0 Å². The average Bonchev–Trinajstić information content (AvgIpc) is 2.72. The van der Waals surface area contributed by atoms with E-state index < -0.39 is 0 Å². The maximum Gasteiger partial charge on any atom is 0.232 e. The van der Waals surface area contributed by atoms with Crippen LogP contribution in [-0.2, 0) is 13.0 Å². The number of anilines is 3. The summed E-state index contributed by atoms with van der Waals surface area (Å²) in [7, 11) is 0. The smallest absolute Gasteiger partial charge is 0.232 e. The number of aromatic nitrogens is 3. The zero-order valence-electron chi connectivity index (χ0n) is 16.9. The Kier molecular flexibility index (Phi) is 6.00. The number of nitrogens with zero attached hydrogens (tertiary/aromatic N) is 3. The topological polar surface area (TPSA) is 81.2 Å². The monoisotopic (exact) mass is 389 g/mol. The molecule has 0 amide bonds. The lowest BCUT2D eigenvalue weighted by Gasteiger charge is -2.29. The summed E-state index contributed by atoms with van der Waals surface area (Å²) in [5.74, 6) is 2.30. The predicted molar refractivity (Wildman–Crippen MR) is 116 cm³/mol. The van der Waals surface area contributed by atoms with Gasteiger partial charge in [0.2, 0.25) is 11.9 Å². The standard InChI is InChI=1S/C23H28N6/c1-17-7-5-6-10-20(17)25-23-27-21(26-22(24)28-23)16-29-13-11-19(12-14-29)15-18-8-3-2-4-9-18/h2-10,19H,11-16H2,1H3,(H3,24,25,26,27,28)/p+1. The number of likely N-dealkylation sites (tertiary alicyclic amines) is 1. The zero-order valence-corrected chi connectivity index (χ0v) is 16.9. The van der Waals surface area contributed by atoms with Crippen LogP contribution < -0.4 is 16.0 Å². The highest BCUT2D eigenvalue weighted by Gasteiger charge is 2.23. The number of nitrogens with one attached hydrogen (secondary N) is 2. The highest BCUT2D eigenvalue weighted by Crippen LogP contribution is 2.18. The van der Waals surface area contributed by atoms with Gasteiger partial charge in [0.05, 0.1) is 13.1 Å². The summed E-state index contributed by atoms with van der Waals surface area (Å²) in [6.07, 6.45) is 3.65. The van der Waals surface area contributed by atoms with Gasteiger partial charge in [0.1, 0.15) is 6.54 Å². The van der Waals surface area contributed by atoms with Gasteiger partial charge in [-0.15, -0.1) is 0 Å². The number of hydrogen-bond donors (Lipinski definition) is 3. The number of quaternary nitrogens is 1. The second-order valence-corrected chi connectivity index (χ2v) is 7.93. The molecule has 1 saturated heterocycles. The molecule has 3 aromatic rings. The van der Waals surface area contributed by atoms with Gasteiger partial charge in [-0.1, -0.05) is 48.5 Å². The van der Waals surface area contributed by atoms with E-state index in [4.69, 9.17) is 5.73 Å². The van der Waals surface area contributed by atoms with Crippen molar-refractivity contribution < 1.29 is 4.90 Å². The third-order valence-electron chi connectivity index (χ3n) is 5.68. The van der Waals surface area contributed by atoms with Crippen LogP contribution in [0.3, 0.4) is 0 Å². The van der Waals surface area contributed by atoms with E-state index in [9.17, 15) is 0 Å². The maximum absolute atomic E-state index is 5.95. The Labute approximate surface area is 172 Å². The summed E-state index contributed by atoms with van der Waals surface area (Å²) in [6.45, 7) is 5.12. The maximum atomic E-state index is 5.95. The molecule has 1 fully saturated rings. The Hall–Kier alpha value is -2.99. The van der Waals surface area contributed by atoms with Gasteiger partial charge in [0.15, 0.2) is 5.82 Å². The summed E-state index contributed by atoms with van der Waals surface area (Å²) in [5.41, 5.74) is 9.52. The molecule has 0 saturated carbocycles. The van der Waals surface area contributed by atoms with E-state index in [1.54, 1.807) is 0 Å². The number of para-hydroxylation sites is 1. The summed E-state index contributed by atoms with van der Waals surface area (Å²) in [5, 5.41) is 3.27. The Bertz CT molecular complexity index is 935. The summed E-state index contributed by atoms with van der Waals surface area (Å²) in [6, 6.07) is 18.9. The average molecular weight is 390 g/mol. The van der Waals surface area contributed by atoms with Crippen molar-refractivity contribution >= 4 is 17.6 Å². The Morgan fingerprint density at radius 1 is 0.966 bits per heavy atom. The highest BCUT2D eigenvalue weighted by atomic mass is 15.2. The Balaban J connectivity index is 1.35. The van der Waals surface area contributed by atoms with E-state index in [1.165, 1.54) is 29.7 Å². The first-order valence-corrected chi connectivity index (χ1v) is 10.4. The van der Waals surface area contributed by atoms with E-state index in [-0.39, 0.29) is 5.95 Å². The van der Waals surface area contributed by atoms with Gasteiger partial charge in [-0.2, -0.15) is 15.0 Å². The van der Waals surface area contributed by atoms with Crippen LogP contribution in [0.4, 0.5) is 17.6 Å². The van der Waals surface area contributed by atoms with Crippen molar-refractivity contribution in [3.8, 4) is 0 Å². The van der Waals surface area contributed by atoms with Crippen molar-refractivity contribution in [1.82, 2.24) is 15.0 Å². The molecule has 0 spiro atoms. The van der Waals surface area contributed by atoms with E-state index >= 15 is 0 Å². The lowest BCUT2D eigenvalue weighted by atomic mass is 9.90. The van der Waals surface area contributed by atoms with Crippen LogP contribution in [0.2, 0.25) is 0 Å². The number of nitrogen functional groups attached to an aromatic ring is 1. The molecular weight excluding hydrogens is 360 g/mol. The molecule has 0 atom stereocenters. The summed E-state index contributed by atoms with van der Waals surface area (Å²) in [4.78, 5) is 14.8. The fourth-order valence-corrected chi connectivity index (χ4v) is 4.04. The van der Waals surface area contributed by atoms with Crippen LogP contribution in [0.15, 0.2) is 54.6 Å². The molecule has 1 aliphatic rings. The first-order valence-electron chi connectivity index (χ1n) is 10.4. The predicted octanol–water partition coefficient (Wildman–Crippen LogP) is 2.54. The zero-order chi connectivity index (χ0) is 20.1. The lowest BCUT2D eigenvalue weighted by molar-refractivity contribution is -0.920. The summed E-state index contributed by atoms with van der Waals surface area (Å²) >= 11 is 0. The fourth-order valence-electron chi connectivity index (χ4n) is 4.04. The molecule has 0 unspecified atom stereocenters. The molecule has 6 nitrogen and oxygen atoms in total. The van der Waals surface area contributed by atoms with Gasteiger partial charge in [0, 0.05) is 5.69 Å². The van der Waals surface area contributed by atoms with Crippen LogP contribution in [-0.4, -0.2) is 28.0 Å². The molecular formula is C23H29N6+. The number of rotatable bonds is 6. The second-order valence-electron chi connectivity index (χ2n) is 7.93. The first-order chi connectivity index (χ1) is 14.2. The van der Waals surface area contributed by atoms with Crippen molar-refractivity contribution in [2.24, 2.45) is 5.92 Å². The Morgan fingerprint density at radius 3 is 2.45 bits per heavy atom. The van der Waals surface area contributed by atoms with Crippen LogP contribution in [0.25, 0.3) is 0 Å². The van der Waals surface area contributed by atoms with E-state index in [0.717, 1.165) is 42.6 Å². The molecule has 4 N–H and O–H groups in total. The molecule has 2 aromatic carbocycles. The lowest BCUT2D eigenvalue weighted by Crippen LogP contribution is -3.11. The van der Waals surface area contributed by atoms with E-state index in [0.29, 0.717) is 5.95 Å². The van der Waals surface area contributed by atoms with Crippen molar-refractivity contribution in [3.05, 3.63) is 71.5 Å². The Morgan fingerprint density at radius 2 is 1.69 bits per heavy atom. The largest absolute Gasteiger partial charge is 0.368 e. The van der Waals surface area contributed by atoms with Crippen molar-refractivity contribution in [2.75, 3.05) is 24.1 Å². The molecule has 0 aliphatic carbocycles. The minimum atomic E-state index is 0.268. The molecule has 29 heavy (non-hydrogen) atoms. The molecule has 0 radical (unpaired) electrons. The molecule has 6 heteroatoms. The van der Waals surface area contributed by atoms with Gasteiger partial charge < -0.3 is 16.0 Å². The first kappa shape index (κ1) is 19.3. The van der Waals surface area contributed by atoms with E-state index in [2.05, 4.69) is 63.6 Å². The molecule has 4 rings (SSSR count). The molecule has 1 aliphatic heterocycles. The van der Waals surface area contributed by atoms with Crippen LogP contribution >= 0.6 is 0 Å². The van der Waals surface area contributed by atoms with Gasteiger partial charge in [0.25, 0.3) is 0 Å². The van der Waals surface area contributed by atoms with Crippen molar-refractivity contribution in [1.29, 1.82) is 0 Å². The third-order valence-corrected chi connectivity index (χ3v) is 5.68. The highest BCUT2D eigenvalue weighted by molar-refractivity contribution is 5.58. The van der Waals surface area contributed by atoms with Crippen LogP contribution in [0.5, 0.6) is 0 Å². The SMILES string of the molecule is Cc1ccccc1Nc1nc(N)nc(C[NH+]2CCC(Cc3ccccc3)CC2)n1. The van der Waals surface area contributed by atoms with E-state index in [1.807, 2.05) is 18.2 Å². The normalized spacial score (nSPS) is 19.1. The van der Waals surface area contributed by atoms with Gasteiger partial charge in [-0.25, -0.2) is 0 Å². The van der Waals surface area contributed by atoms with Gasteiger partial charge in [-0.3, -0.25) is 0 Å². The van der Waals surface area contributed by atoms with Crippen molar-refractivity contribution in [2.45, 2.75) is 32.7 Å². The number of hydrogen-bond acceptors (Lipinski definition) is 5. The summed E-state index contributed by atoms with van der Waals surface area (Å²) < 4.78 is 0. The van der Waals surface area contributed by atoms with Crippen molar-refractivity contribution in [3.63, 3.8) is 0 Å². The minimum Gasteiger partial charge on any atom is -0.368 e. The van der Waals surface area contributed by atoms with Crippen LogP contribution in [0.1, 0.15) is 29.8 Å². The van der Waals surface area contributed by atoms with Gasteiger partial charge in [-0.05, 0) is 49.3 Å². The number of piperidine rings is 1. The van der Waals surface area contributed by atoms with Crippen LogP contribution in [0, 0.1) is 12.8 Å². The third kappa shape index (κ3) is 5.29. The number of aryl methyl sites for hydroxylation is 1. The molecule has 2 heterocycles. The minimum absolute atomic E-state index is 0.268. The number of benzene rings is 2. The number of nitrogens with two attached hydrogens (primary N) is 1. The molecule has 1 aromatic heterocycles. The quantitative estimate of drug-likeness (QED) is 0.604. The molecule has 0 bridgehead atoms. The molecule has 150 valence electrons.